The van der Waals surface area contributed by atoms with Gasteiger partial charge in [0, 0.05) is 5.71 Å². The van der Waals surface area contributed by atoms with E-state index in [2.05, 4.69) is 5.10 Å². The van der Waals surface area contributed by atoms with E-state index in [1.54, 1.807) is 0 Å². The van der Waals surface area contributed by atoms with Crippen LogP contribution in [0.2, 0.25) is 0 Å². The van der Waals surface area contributed by atoms with E-state index >= 15 is 0 Å². The van der Waals surface area contributed by atoms with Crippen LogP contribution in [0.5, 0.6) is 0 Å². The van der Waals surface area contributed by atoms with Crippen molar-refractivity contribution < 1.29 is 10.3 Å². The van der Waals surface area contributed by atoms with Crippen LogP contribution in [-0.4, -0.2) is 17.1 Å². The Hall–Kier alpha value is -1.68. The highest BCUT2D eigenvalue weighted by Gasteiger charge is 2.30. The smallest absolute Gasteiger partial charge is 0.255 e. The van der Waals surface area contributed by atoms with Gasteiger partial charge in [0.2, 0.25) is 0 Å². The molecule has 1 atom stereocenters. The van der Waals surface area contributed by atoms with Crippen molar-refractivity contribution in [1.29, 1.82) is 0 Å². The van der Waals surface area contributed by atoms with Crippen molar-refractivity contribution in [3.05, 3.63) is 29.8 Å². The van der Waals surface area contributed by atoms with Crippen LogP contribution < -0.4 is 5.01 Å². The maximum Gasteiger partial charge on any atom is 0.255 e. The van der Waals surface area contributed by atoms with Gasteiger partial charge in [-0.25, -0.2) is 5.01 Å². The molecule has 0 aliphatic carbocycles. The Morgan fingerprint density at radius 3 is 2.19 bits per heavy atom. The summed E-state index contributed by atoms with van der Waals surface area (Å²) in [4.78, 5) is 11.8. The minimum absolute atomic E-state index is 0. The lowest BCUT2D eigenvalue weighted by Crippen LogP contribution is -2.25. The summed E-state index contributed by atoms with van der Waals surface area (Å²) in [6.45, 7) is 5.79. The highest BCUT2D eigenvalue weighted by Crippen LogP contribution is 2.23. The van der Waals surface area contributed by atoms with E-state index in [9.17, 15) is 4.79 Å². The number of benzene rings is 1. The lowest BCUT2D eigenvalue weighted by Gasteiger charge is -2.12. The maximum absolute atomic E-state index is 11.8. The number of anilines is 1. The Balaban J connectivity index is 0.00000128. The molecule has 0 saturated carbocycles. The van der Waals surface area contributed by atoms with E-state index in [0.717, 1.165) is 11.4 Å². The largest absolute Gasteiger partial charge is 0.272 e. The number of hydrogen-bond donors (Lipinski definition) is 1. The molecule has 1 amide bonds. The average Bonchev–Trinajstić information content (AvgIpc) is 2.47. The van der Waals surface area contributed by atoms with Crippen molar-refractivity contribution in [3.8, 4) is 0 Å². The zero-order valence-electron chi connectivity index (χ0n) is 9.64. The molecule has 1 radical (unpaired) electrons. The number of amides is 1. The Bertz CT molecular complexity index is 423. The van der Waals surface area contributed by atoms with Gasteiger partial charge in [0.15, 0.2) is 0 Å². The molecule has 1 aliphatic rings. The van der Waals surface area contributed by atoms with E-state index < -0.39 is 0 Å². The molecular formula is C12H15N2O2. The molecule has 0 spiro atoms. The van der Waals surface area contributed by atoms with Gasteiger partial charge in [0.1, 0.15) is 0 Å². The number of hydrogen-bond acceptors (Lipinski definition) is 2. The van der Waals surface area contributed by atoms with E-state index in [1.807, 2.05) is 45.0 Å². The van der Waals surface area contributed by atoms with Crippen molar-refractivity contribution in [1.82, 2.24) is 0 Å². The summed E-state index contributed by atoms with van der Waals surface area (Å²) in [6, 6.07) is 7.80. The number of carbonyl (C=O) groups excluding carboxylic acids is 1. The topological polar surface area (TPSA) is 62.7 Å². The minimum atomic E-state index is -0.0914. The van der Waals surface area contributed by atoms with Gasteiger partial charge in [-0.3, -0.25) is 10.3 Å². The first-order valence-electron chi connectivity index (χ1n) is 5.05. The summed E-state index contributed by atoms with van der Waals surface area (Å²) in [6.07, 6.45) is 0. The normalized spacial score (nSPS) is 19.4. The maximum atomic E-state index is 11.8. The first-order chi connectivity index (χ1) is 7.09. The molecule has 4 nitrogen and oxygen atoms in total. The fourth-order valence-corrected chi connectivity index (χ4v) is 1.53. The summed E-state index contributed by atoms with van der Waals surface area (Å²) >= 11 is 0. The third kappa shape index (κ3) is 1.97. The fourth-order valence-electron chi connectivity index (χ4n) is 1.53. The lowest BCUT2D eigenvalue weighted by atomic mass is 10.1. The van der Waals surface area contributed by atoms with Gasteiger partial charge in [0.05, 0.1) is 11.6 Å². The molecular weight excluding hydrogens is 204 g/mol. The van der Waals surface area contributed by atoms with Crippen molar-refractivity contribution >= 4 is 17.3 Å². The third-order valence-corrected chi connectivity index (χ3v) is 2.74. The lowest BCUT2D eigenvalue weighted by molar-refractivity contribution is -0.119. The number of aryl methyl sites for hydroxylation is 1. The van der Waals surface area contributed by atoms with Gasteiger partial charge in [-0.1, -0.05) is 17.7 Å². The molecule has 0 fully saturated rings. The Labute approximate surface area is 94.9 Å². The molecule has 1 aromatic rings. The number of hydrazone groups is 1. The molecule has 85 valence electrons. The Morgan fingerprint density at radius 2 is 1.75 bits per heavy atom. The first kappa shape index (κ1) is 12.4. The molecule has 0 saturated heterocycles. The fraction of sp³-hybridized carbons (Fsp3) is 0.333. The minimum Gasteiger partial charge on any atom is -0.272 e. The zero-order valence-corrected chi connectivity index (χ0v) is 9.64. The van der Waals surface area contributed by atoms with Crippen LogP contribution in [0, 0.1) is 12.8 Å². The monoisotopic (exact) mass is 219 g/mol. The predicted molar refractivity (Wildman–Crippen MR) is 62.9 cm³/mol. The average molecular weight is 219 g/mol. The van der Waals surface area contributed by atoms with Crippen LogP contribution in [0.25, 0.3) is 0 Å². The second-order valence-corrected chi connectivity index (χ2v) is 3.95. The summed E-state index contributed by atoms with van der Waals surface area (Å²) in [7, 11) is 0. The van der Waals surface area contributed by atoms with Crippen molar-refractivity contribution in [3.63, 3.8) is 0 Å². The predicted octanol–water partition coefficient (Wildman–Crippen LogP) is 2.18. The van der Waals surface area contributed by atoms with Crippen molar-refractivity contribution in [2.24, 2.45) is 11.0 Å². The molecule has 1 aliphatic heterocycles. The van der Waals surface area contributed by atoms with Gasteiger partial charge in [-0.05, 0) is 32.9 Å². The summed E-state index contributed by atoms with van der Waals surface area (Å²) < 4.78 is 0. The van der Waals surface area contributed by atoms with Crippen LogP contribution in [0.3, 0.4) is 0 Å². The van der Waals surface area contributed by atoms with Crippen LogP contribution in [-0.2, 0) is 4.79 Å². The van der Waals surface area contributed by atoms with E-state index in [1.165, 1.54) is 10.6 Å². The highest BCUT2D eigenvalue weighted by atomic mass is 16.2. The summed E-state index contributed by atoms with van der Waals surface area (Å²) in [5.74, 6) is -0.0392. The Morgan fingerprint density at radius 1 is 1.19 bits per heavy atom. The third-order valence-electron chi connectivity index (χ3n) is 2.74. The van der Waals surface area contributed by atoms with Crippen LogP contribution in [0.4, 0.5) is 5.69 Å². The molecule has 1 unspecified atom stereocenters. The zero-order chi connectivity index (χ0) is 11.0. The summed E-state index contributed by atoms with van der Waals surface area (Å²) in [5.41, 5.74) is 2.90. The second kappa shape index (κ2) is 4.45. The molecule has 1 aromatic carbocycles. The molecule has 4 heteroatoms. The first-order valence-corrected chi connectivity index (χ1v) is 5.05. The highest BCUT2D eigenvalue weighted by molar-refractivity contribution is 6.14. The van der Waals surface area contributed by atoms with Crippen LogP contribution >= 0.6 is 0 Å². The SMILES string of the molecule is CC1=NN(c2ccc(C)cc2)C(=O)C1C.[OH]. The number of rotatable bonds is 1. The van der Waals surface area contributed by atoms with E-state index in [0.29, 0.717) is 0 Å². The molecule has 0 aromatic heterocycles. The molecule has 2 rings (SSSR count). The molecule has 16 heavy (non-hydrogen) atoms. The van der Waals surface area contributed by atoms with Gasteiger partial charge in [-0.15, -0.1) is 0 Å². The van der Waals surface area contributed by atoms with Crippen LogP contribution in [0.1, 0.15) is 19.4 Å². The molecule has 0 bridgehead atoms. The van der Waals surface area contributed by atoms with Gasteiger partial charge in [0.25, 0.3) is 5.91 Å². The standard InChI is InChI=1S/C12H14N2O.HO/c1-8-4-6-11(7-5-8)14-12(15)9(2)10(3)13-14;/h4-7,9H,1-3H3;1H. The van der Waals surface area contributed by atoms with Gasteiger partial charge < -0.3 is 0 Å². The number of nitrogens with zero attached hydrogens (tertiary/aromatic N) is 2. The van der Waals surface area contributed by atoms with Crippen LogP contribution in [0.15, 0.2) is 29.4 Å². The van der Waals surface area contributed by atoms with E-state index in [4.69, 9.17) is 0 Å². The summed E-state index contributed by atoms with van der Waals surface area (Å²) in [5, 5.41) is 5.74. The number of carbonyl (C=O) groups is 1. The van der Waals surface area contributed by atoms with Gasteiger partial charge >= 0.3 is 0 Å². The van der Waals surface area contributed by atoms with Crippen molar-refractivity contribution in [2.45, 2.75) is 20.8 Å². The van der Waals surface area contributed by atoms with E-state index in [-0.39, 0.29) is 17.3 Å². The second-order valence-electron chi connectivity index (χ2n) is 3.95. The molecule has 1 heterocycles. The van der Waals surface area contributed by atoms with Gasteiger partial charge in [-0.2, -0.15) is 5.10 Å². The Kier molecular flexibility index (Phi) is 3.44. The molecule has 1 N–H and O–H groups in total. The van der Waals surface area contributed by atoms with Crippen molar-refractivity contribution in [2.75, 3.05) is 5.01 Å². The quantitative estimate of drug-likeness (QED) is 0.773.